The summed E-state index contributed by atoms with van der Waals surface area (Å²) in [7, 11) is -14.0. The van der Waals surface area contributed by atoms with Gasteiger partial charge in [0.25, 0.3) is 19.7 Å². The molecule has 170 valence electrons. The van der Waals surface area contributed by atoms with E-state index in [4.69, 9.17) is 0 Å². The van der Waals surface area contributed by atoms with E-state index in [2.05, 4.69) is 0 Å². The van der Waals surface area contributed by atoms with Gasteiger partial charge in [-0.25, -0.2) is 16.8 Å². The molecular weight excluding hydrogens is 589 g/mol. The lowest BCUT2D eigenvalue weighted by molar-refractivity contribution is -0.0444. The first-order valence-corrected chi connectivity index (χ1v) is 11.8. The molecule has 0 aromatic heterocycles. The minimum absolute atomic E-state index is 0.175. The van der Waals surface area contributed by atoms with E-state index in [1.807, 2.05) is 33.2 Å². The number of para-hydroxylation sites is 1. The van der Waals surface area contributed by atoms with E-state index < -0.39 is 40.7 Å². The van der Waals surface area contributed by atoms with Crippen molar-refractivity contribution < 1.29 is 43.2 Å². The highest BCUT2D eigenvalue weighted by Gasteiger charge is 2.61. The number of benzene rings is 2. The topological polar surface area (TPSA) is 92.3 Å². The van der Waals surface area contributed by atoms with Crippen LogP contribution in [0.2, 0.25) is 0 Å². The van der Waals surface area contributed by atoms with Crippen molar-refractivity contribution in [2.75, 3.05) is 10.6 Å². The van der Waals surface area contributed by atoms with Crippen molar-refractivity contribution in [3.8, 4) is 0 Å². The van der Waals surface area contributed by atoms with Gasteiger partial charge in [0, 0.05) is 14.9 Å². The van der Waals surface area contributed by atoms with Crippen molar-refractivity contribution in [1.82, 2.24) is 0 Å². The molecule has 15 heteroatoms. The summed E-state index contributed by atoms with van der Waals surface area (Å²) in [6.45, 7) is 0. The van der Waals surface area contributed by atoms with Crippen LogP contribution in [-0.2, 0) is 19.7 Å². The summed E-state index contributed by atoms with van der Waals surface area (Å²) in [4.78, 5) is 0. The normalized spacial score (nSPS) is 12.9. The molecule has 0 atom stereocenters. The molecule has 2 N–H and O–H groups in total. The minimum atomic E-state index is -6.98. The Hall–Kier alpha value is -2.01. The first kappa shape index (κ1) is 25.3. The van der Waals surface area contributed by atoms with Gasteiger partial charge >= 0.3 is 11.0 Å². The van der Waals surface area contributed by atoms with Gasteiger partial charge in [-0.3, -0.25) is 0 Å². The molecule has 0 bridgehead atoms. The summed E-state index contributed by atoms with van der Waals surface area (Å²) < 4.78 is 125. The van der Waals surface area contributed by atoms with Crippen molar-refractivity contribution in [1.29, 1.82) is 0 Å². The number of hydrogen-bond acceptors (Lipinski definition) is 6. The Morgan fingerprint density at radius 2 is 1.06 bits per heavy atom. The predicted octanol–water partition coefficient (Wildman–Crippen LogP) is 4.81. The van der Waals surface area contributed by atoms with Gasteiger partial charge in [-0.1, -0.05) is 18.2 Å². The zero-order valence-electron chi connectivity index (χ0n) is 14.8. The number of rotatable bonds is 6. The van der Waals surface area contributed by atoms with Crippen molar-refractivity contribution in [3.05, 3.63) is 68.2 Å². The minimum Gasteiger partial charge on any atom is -0.340 e. The molecule has 0 saturated carbocycles. The molecule has 2 aromatic carbocycles. The number of nitrogens with one attached hydrogen (secondary N) is 2. The molecule has 0 unspecified atom stereocenters. The Kier molecular flexibility index (Phi) is 7.21. The van der Waals surface area contributed by atoms with Crippen LogP contribution < -0.4 is 10.6 Å². The van der Waals surface area contributed by atoms with Gasteiger partial charge in [-0.05, 0) is 59.0 Å². The largest absolute Gasteiger partial charge is 0.502 e. The Morgan fingerprint density at radius 1 is 0.677 bits per heavy atom. The van der Waals surface area contributed by atoms with E-state index in [1.54, 1.807) is 0 Å². The van der Waals surface area contributed by atoms with Crippen molar-refractivity contribution in [2.45, 2.75) is 11.0 Å². The molecule has 2 aromatic rings. The fraction of sp³-hybridized carbons (Fsp3) is 0.125. The second-order valence-electron chi connectivity index (χ2n) is 5.68. The Bertz CT molecular complexity index is 1130. The average molecular weight is 600 g/mol. The van der Waals surface area contributed by atoms with Gasteiger partial charge in [-0.15, -0.1) is 0 Å². The summed E-state index contributed by atoms with van der Waals surface area (Å²) >= 11 is 1.86. The van der Waals surface area contributed by atoms with E-state index in [0.29, 0.717) is 3.57 Å². The lowest BCUT2D eigenvalue weighted by atomic mass is 10.3. The quantitative estimate of drug-likeness (QED) is 0.366. The molecule has 2 rings (SSSR count). The smallest absolute Gasteiger partial charge is 0.340 e. The van der Waals surface area contributed by atoms with Crippen LogP contribution in [-0.4, -0.2) is 27.9 Å². The highest BCUT2D eigenvalue weighted by Crippen LogP contribution is 2.40. The van der Waals surface area contributed by atoms with Crippen LogP contribution in [0, 0.1) is 3.57 Å². The van der Waals surface area contributed by atoms with E-state index in [0.717, 1.165) is 0 Å². The van der Waals surface area contributed by atoms with Crippen LogP contribution in [0.1, 0.15) is 0 Å². The molecule has 0 radical (unpaired) electrons. The molecule has 0 spiro atoms. The van der Waals surface area contributed by atoms with Crippen molar-refractivity contribution in [3.63, 3.8) is 0 Å². The molecule has 0 heterocycles. The van der Waals surface area contributed by atoms with Crippen LogP contribution in [0.5, 0.6) is 0 Å². The summed E-state index contributed by atoms with van der Waals surface area (Å²) in [5.74, 6) is -1.54. The third kappa shape index (κ3) is 5.62. The van der Waals surface area contributed by atoms with Crippen molar-refractivity contribution >= 4 is 53.6 Å². The third-order valence-corrected chi connectivity index (χ3v) is 8.10. The summed E-state index contributed by atoms with van der Waals surface area (Å²) in [6, 6.07) is 11.7. The number of sulfone groups is 2. The fourth-order valence-electron chi connectivity index (χ4n) is 2.10. The number of anilines is 2. The number of alkyl halides is 6. The predicted molar refractivity (Wildman–Crippen MR) is 110 cm³/mol. The first-order chi connectivity index (χ1) is 14.1. The van der Waals surface area contributed by atoms with Gasteiger partial charge in [0.05, 0.1) is 0 Å². The summed E-state index contributed by atoms with van der Waals surface area (Å²) in [6.07, 6.45) is 0. The third-order valence-electron chi connectivity index (χ3n) is 3.46. The molecule has 6 nitrogen and oxygen atoms in total. The second-order valence-corrected chi connectivity index (χ2v) is 10.9. The molecule has 0 aliphatic carbocycles. The maximum Gasteiger partial charge on any atom is 0.502 e. The molecular formula is C16H11F6IN2O4S2. The number of halogens is 7. The SMILES string of the molecule is O=S(=O)(C(=C(Nc1ccccc1)Nc1ccc(I)cc1)S(=O)(=O)C(F)(F)F)C(F)(F)F. The van der Waals surface area contributed by atoms with Gasteiger partial charge in [0.2, 0.25) is 4.24 Å². The molecule has 0 amide bonds. The van der Waals surface area contributed by atoms with Crippen molar-refractivity contribution in [2.24, 2.45) is 0 Å². The van der Waals surface area contributed by atoms with Crippen LogP contribution in [0.15, 0.2) is 64.7 Å². The van der Waals surface area contributed by atoms with Crippen LogP contribution >= 0.6 is 22.6 Å². The van der Waals surface area contributed by atoms with E-state index in [9.17, 15) is 43.2 Å². The van der Waals surface area contributed by atoms with Gasteiger partial charge in [0.15, 0.2) is 0 Å². The second kappa shape index (κ2) is 8.85. The van der Waals surface area contributed by atoms with Crippen LogP contribution in [0.25, 0.3) is 0 Å². The molecule has 0 fully saturated rings. The first-order valence-electron chi connectivity index (χ1n) is 7.79. The summed E-state index contributed by atoms with van der Waals surface area (Å²) in [5, 5.41) is 4.03. The van der Waals surface area contributed by atoms with E-state index in [-0.39, 0.29) is 11.4 Å². The highest BCUT2D eigenvalue weighted by atomic mass is 127. The summed E-state index contributed by atoms with van der Waals surface area (Å²) in [5.41, 5.74) is -13.0. The molecule has 0 aliphatic rings. The van der Waals surface area contributed by atoms with Gasteiger partial charge in [-0.2, -0.15) is 26.3 Å². The maximum absolute atomic E-state index is 13.2. The molecule has 0 aliphatic heterocycles. The lowest BCUT2D eigenvalue weighted by Crippen LogP contribution is -2.37. The zero-order valence-corrected chi connectivity index (χ0v) is 18.6. The Morgan fingerprint density at radius 3 is 1.45 bits per heavy atom. The average Bonchev–Trinajstić information content (AvgIpc) is 2.62. The standard InChI is InChI=1S/C16H11F6IN2O4S2/c17-15(18,19)30(26,27)14(31(28,29)16(20,21)22)13(24-11-4-2-1-3-5-11)25-12-8-6-10(23)7-9-12/h1-9,24-25H. The Labute approximate surface area is 186 Å². The fourth-order valence-corrected chi connectivity index (χ4v) is 5.34. The molecule has 0 saturated heterocycles. The monoisotopic (exact) mass is 600 g/mol. The van der Waals surface area contributed by atoms with Crippen LogP contribution in [0.4, 0.5) is 37.7 Å². The zero-order chi connectivity index (χ0) is 23.7. The number of hydrogen-bond donors (Lipinski definition) is 2. The van der Waals surface area contributed by atoms with E-state index in [1.165, 1.54) is 54.6 Å². The maximum atomic E-state index is 13.2. The van der Waals surface area contributed by atoms with Gasteiger partial charge < -0.3 is 10.6 Å². The molecule has 31 heavy (non-hydrogen) atoms. The van der Waals surface area contributed by atoms with E-state index >= 15 is 0 Å². The lowest BCUT2D eigenvalue weighted by Gasteiger charge is -2.21. The van der Waals surface area contributed by atoms with Crippen LogP contribution in [0.3, 0.4) is 0 Å². The highest BCUT2D eigenvalue weighted by molar-refractivity contribution is 14.1. The Balaban J connectivity index is 2.89. The van der Waals surface area contributed by atoms with Gasteiger partial charge in [0.1, 0.15) is 5.82 Å².